The summed E-state index contributed by atoms with van der Waals surface area (Å²) in [5.41, 5.74) is 3.20. The van der Waals surface area contributed by atoms with Crippen LogP contribution in [0.15, 0.2) is 79.3 Å². The van der Waals surface area contributed by atoms with E-state index in [9.17, 15) is 4.79 Å². The smallest absolute Gasteiger partial charge is 0.261 e. The molecule has 0 radical (unpaired) electrons. The van der Waals surface area contributed by atoms with Crippen LogP contribution in [0.5, 0.6) is 5.75 Å². The quantitative estimate of drug-likeness (QED) is 0.526. The molecule has 0 unspecified atom stereocenters. The Labute approximate surface area is 169 Å². The Bertz CT molecular complexity index is 1110. The SMILES string of the molecule is CCOc1ccc(NC(=O)c2cnn(-c3cccc(C)c3)c2-n2cccc2)cc1. The summed E-state index contributed by atoms with van der Waals surface area (Å²) in [7, 11) is 0. The third kappa shape index (κ3) is 3.91. The highest BCUT2D eigenvalue weighted by molar-refractivity contribution is 6.06. The molecule has 0 aliphatic carbocycles. The van der Waals surface area contributed by atoms with Crippen LogP contribution in [0.25, 0.3) is 11.5 Å². The number of amides is 1. The monoisotopic (exact) mass is 386 g/mol. The Kier molecular flexibility index (Phi) is 5.16. The number of carbonyl (C=O) groups is 1. The fraction of sp³-hybridized carbons (Fsp3) is 0.130. The van der Waals surface area contributed by atoms with Crippen molar-refractivity contribution in [2.24, 2.45) is 0 Å². The Morgan fingerprint density at radius 2 is 1.83 bits per heavy atom. The summed E-state index contributed by atoms with van der Waals surface area (Å²) >= 11 is 0. The molecule has 0 fully saturated rings. The van der Waals surface area contributed by atoms with Crippen LogP contribution in [0.2, 0.25) is 0 Å². The zero-order valence-electron chi connectivity index (χ0n) is 16.4. The van der Waals surface area contributed by atoms with Gasteiger partial charge in [0.25, 0.3) is 5.91 Å². The number of rotatable bonds is 6. The van der Waals surface area contributed by atoms with Crippen LogP contribution in [-0.4, -0.2) is 26.9 Å². The molecule has 4 rings (SSSR count). The Morgan fingerprint density at radius 1 is 1.07 bits per heavy atom. The first-order valence-electron chi connectivity index (χ1n) is 9.48. The van der Waals surface area contributed by atoms with Crippen molar-refractivity contribution in [3.63, 3.8) is 0 Å². The van der Waals surface area contributed by atoms with Crippen molar-refractivity contribution < 1.29 is 9.53 Å². The molecule has 0 atom stereocenters. The summed E-state index contributed by atoms with van der Waals surface area (Å²) < 4.78 is 9.12. The summed E-state index contributed by atoms with van der Waals surface area (Å²) in [6, 6.07) is 19.2. The van der Waals surface area contributed by atoms with E-state index >= 15 is 0 Å². The van der Waals surface area contributed by atoms with E-state index in [4.69, 9.17) is 4.74 Å². The molecule has 0 saturated carbocycles. The highest BCUT2D eigenvalue weighted by Gasteiger charge is 2.20. The number of aryl methyl sites for hydroxylation is 1. The second-order valence-electron chi connectivity index (χ2n) is 6.63. The Balaban J connectivity index is 1.69. The first kappa shape index (κ1) is 18.6. The molecule has 0 aliphatic heterocycles. The predicted molar refractivity (Wildman–Crippen MR) is 113 cm³/mol. The van der Waals surface area contributed by atoms with Crippen molar-refractivity contribution >= 4 is 11.6 Å². The van der Waals surface area contributed by atoms with Crippen molar-refractivity contribution in [2.75, 3.05) is 11.9 Å². The van der Waals surface area contributed by atoms with E-state index in [2.05, 4.69) is 10.4 Å². The molecular weight excluding hydrogens is 364 g/mol. The maximum absolute atomic E-state index is 13.0. The van der Waals surface area contributed by atoms with Crippen molar-refractivity contribution in [3.8, 4) is 17.3 Å². The van der Waals surface area contributed by atoms with Crippen LogP contribution in [0.3, 0.4) is 0 Å². The van der Waals surface area contributed by atoms with Crippen LogP contribution in [0, 0.1) is 6.92 Å². The van der Waals surface area contributed by atoms with Gasteiger partial charge in [0.05, 0.1) is 18.5 Å². The number of nitrogens with one attached hydrogen (secondary N) is 1. The number of hydrogen-bond donors (Lipinski definition) is 1. The lowest BCUT2D eigenvalue weighted by Gasteiger charge is -2.12. The van der Waals surface area contributed by atoms with Gasteiger partial charge in [0.15, 0.2) is 5.82 Å². The molecule has 6 nitrogen and oxygen atoms in total. The summed E-state index contributed by atoms with van der Waals surface area (Å²) in [5, 5.41) is 7.44. The van der Waals surface area contributed by atoms with Gasteiger partial charge in [-0.05, 0) is 67.9 Å². The fourth-order valence-electron chi connectivity index (χ4n) is 3.17. The first-order valence-corrected chi connectivity index (χ1v) is 9.48. The van der Waals surface area contributed by atoms with Gasteiger partial charge in [-0.2, -0.15) is 5.10 Å². The number of nitrogens with zero attached hydrogens (tertiary/aromatic N) is 3. The van der Waals surface area contributed by atoms with E-state index in [0.29, 0.717) is 23.7 Å². The molecule has 0 aliphatic rings. The molecule has 146 valence electrons. The minimum absolute atomic E-state index is 0.225. The van der Waals surface area contributed by atoms with Crippen LogP contribution >= 0.6 is 0 Å². The lowest BCUT2D eigenvalue weighted by molar-refractivity contribution is 0.102. The Hall–Kier alpha value is -3.80. The number of carbonyl (C=O) groups excluding carboxylic acids is 1. The molecule has 2 aromatic heterocycles. The Morgan fingerprint density at radius 3 is 2.52 bits per heavy atom. The van der Waals surface area contributed by atoms with Gasteiger partial charge < -0.3 is 14.6 Å². The van der Waals surface area contributed by atoms with E-state index < -0.39 is 0 Å². The summed E-state index contributed by atoms with van der Waals surface area (Å²) in [6.07, 6.45) is 5.40. The van der Waals surface area contributed by atoms with Gasteiger partial charge in [0.1, 0.15) is 11.3 Å². The molecule has 1 amide bonds. The lowest BCUT2D eigenvalue weighted by Crippen LogP contribution is -2.15. The van der Waals surface area contributed by atoms with E-state index in [1.807, 2.05) is 91.5 Å². The molecule has 0 spiro atoms. The van der Waals surface area contributed by atoms with Crippen molar-refractivity contribution in [1.82, 2.24) is 14.3 Å². The largest absolute Gasteiger partial charge is 0.494 e. The molecule has 2 heterocycles. The van der Waals surface area contributed by atoms with E-state index in [1.165, 1.54) is 0 Å². The van der Waals surface area contributed by atoms with Gasteiger partial charge in [0.2, 0.25) is 0 Å². The topological polar surface area (TPSA) is 61.1 Å². The highest BCUT2D eigenvalue weighted by atomic mass is 16.5. The molecule has 0 saturated heterocycles. The normalized spacial score (nSPS) is 10.7. The van der Waals surface area contributed by atoms with Gasteiger partial charge in [-0.25, -0.2) is 4.68 Å². The third-order valence-corrected chi connectivity index (χ3v) is 4.51. The number of hydrogen-bond acceptors (Lipinski definition) is 3. The van der Waals surface area contributed by atoms with E-state index in [-0.39, 0.29) is 5.91 Å². The van der Waals surface area contributed by atoms with E-state index in [1.54, 1.807) is 10.9 Å². The summed E-state index contributed by atoms with van der Waals surface area (Å²) in [4.78, 5) is 13.0. The average molecular weight is 386 g/mol. The number of ether oxygens (including phenoxy) is 1. The molecule has 1 N–H and O–H groups in total. The van der Waals surface area contributed by atoms with Crippen molar-refractivity contribution in [3.05, 3.63) is 90.4 Å². The molecule has 29 heavy (non-hydrogen) atoms. The minimum atomic E-state index is -0.225. The van der Waals surface area contributed by atoms with Gasteiger partial charge in [-0.3, -0.25) is 4.79 Å². The van der Waals surface area contributed by atoms with Crippen LogP contribution in [0.1, 0.15) is 22.8 Å². The molecular formula is C23H22N4O2. The second kappa shape index (κ2) is 8.06. The average Bonchev–Trinajstić information content (AvgIpc) is 3.39. The predicted octanol–water partition coefficient (Wildman–Crippen LogP) is 4.62. The van der Waals surface area contributed by atoms with Crippen LogP contribution in [0.4, 0.5) is 5.69 Å². The molecule has 4 aromatic rings. The molecule has 2 aromatic carbocycles. The third-order valence-electron chi connectivity index (χ3n) is 4.51. The van der Waals surface area contributed by atoms with E-state index in [0.717, 1.165) is 17.0 Å². The van der Waals surface area contributed by atoms with Gasteiger partial charge in [-0.1, -0.05) is 12.1 Å². The van der Waals surface area contributed by atoms with Crippen molar-refractivity contribution in [2.45, 2.75) is 13.8 Å². The second-order valence-corrected chi connectivity index (χ2v) is 6.63. The molecule has 0 bridgehead atoms. The van der Waals surface area contributed by atoms with Crippen LogP contribution in [-0.2, 0) is 0 Å². The summed E-state index contributed by atoms with van der Waals surface area (Å²) in [5.74, 6) is 1.23. The highest BCUT2D eigenvalue weighted by Crippen LogP contribution is 2.22. The fourth-order valence-corrected chi connectivity index (χ4v) is 3.17. The maximum Gasteiger partial charge on any atom is 0.261 e. The first-order chi connectivity index (χ1) is 14.2. The van der Waals surface area contributed by atoms with Gasteiger partial charge in [-0.15, -0.1) is 0 Å². The lowest BCUT2D eigenvalue weighted by atomic mass is 10.2. The number of aromatic nitrogens is 3. The van der Waals surface area contributed by atoms with Gasteiger partial charge >= 0.3 is 0 Å². The number of benzene rings is 2. The van der Waals surface area contributed by atoms with Gasteiger partial charge in [0, 0.05) is 18.1 Å². The zero-order chi connectivity index (χ0) is 20.2. The maximum atomic E-state index is 13.0. The number of anilines is 1. The van der Waals surface area contributed by atoms with Crippen LogP contribution < -0.4 is 10.1 Å². The minimum Gasteiger partial charge on any atom is -0.494 e. The summed E-state index contributed by atoms with van der Waals surface area (Å²) in [6.45, 7) is 4.57. The zero-order valence-corrected chi connectivity index (χ0v) is 16.4. The molecule has 6 heteroatoms. The van der Waals surface area contributed by atoms with Crippen molar-refractivity contribution in [1.29, 1.82) is 0 Å². The standard InChI is InChI=1S/C23H22N4O2/c1-3-29-20-11-9-18(10-12-20)25-22(28)21-16-24-27(19-8-6-7-17(2)15-19)23(21)26-13-4-5-14-26/h4-16H,3H2,1-2H3,(H,25,28).